The van der Waals surface area contributed by atoms with Crippen LogP contribution in [0.5, 0.6) is 11.5 Å². The predicted octanol–water partition coefficient (Wildman–Crippen LogP) is 0.497. The van der Waals surface area contributed by atoms with E-state index in [4.69, 9.17) is 15.2 Å². The highest BCUT2D eigenvalue weighted by molar-refractivity contribution is 7.89. The molecule has 0 heterocycles. The van der Waals surface area contributed by atoms with Crippen molar-refractivity contribution in [3.8, 4) is 11.5 Å². The number of sulfonamides is 1. The molecule has 0 radical (unpaired) electrons. The summed E-state index contributed by atoms with van der Waals surface area (Å²) >= 11 is 0. The fourth-order valence-electron chi connectivity index (χ4n) is 1.41. The van der Waals surface area contributed by atoms with E-state index in [0.717, 1.165) is 0 Å². The molecular weight excluding hydrogens is 268 g/mol. The molecule has 0 atom stereocenters. The minimum Gasteiger partial charge on any atom is -0.497 e. The summed E-state index contributed by atoms with van der Waals surface area (Å²) in [5.74, 6) is 0.758. The molecule has 0 aliphatic heterocycles. The molecule has 0 saturated heterocycles. The zero-order valence-electron chi connectivity index (χ0n) is 10.9. The molecule has 0 aromatic heterocycles. The Balaban J connectivity index is 2.97. The number of ether oxygens (including phenoxy) is 2. The summed E-state index contributed by atoms with van der Waals surface area (Å²) in [5.41, 5.74) is 5.27. The molecule has 1 aromatic carbocycles. The lowest BCUT2D eigenvalue weighted by atomic mass is 10.3. The maximum absolute atomic E-state index is 12.1. The summed E-state index contributed by atoms with van der Waals surface area (Å²) in [7, 11) is -0.727. The highest BCUT2D eigenvalue weighted by Crippen LogP contribution is 2.27. The van der Waals surface area contributed by atoms with Gasteiger partial charge in [-0.3, -0.25) is 0 Å². The van der Waals surface area contributed by atoms with Crippen LogP contribution in [0.1, 0.15) is 0 Å². The fraction of sp³-hybridized carbons (Fsp3) is 0.333. The Morgan fingerprint density at radius 1 is 1.26 bits per heavy atom. The van der Waals surface area contributed by atoms with Gasteiger partial charge in [0.1, 0.15) is 16.4 Å². The van der Waals surface area contributed by atoms with E-state index in [1.165, 1.54) is 26.4 Å². The lowest BCUT2D eigenvalue weighted by Crippen LogP contribution is -2.24. The van der Waals surface area contributed by atoms with Crippen molar-refractivity contribution < 1.29 is 17.9 Å². The zero-order valence-corrected chi connectivity index (χ0v) is 11.7. The van der Waals surface area contributed by atoms with Gasteiger partial charge in [0.25, 0.3) is 0 Å². The van der Waals surface area contributed by atoms with E-state index < -0.39 is 10.0 Å². The number of hydrogen-bond acceptors (Lipinski definition) is 5. The number of nitrogens with one attached hydrogen (secondary N) is 1. The van der Waals surface area contributed by atoms with Crippen molar-refractivity contribution >= 4 is 10.0 Å². The molecular formula is C12H18N2O4S. The standard InChI is InChI=1S/C12H18N2O4S/c1-17-10-5-6-12(11(9-10)18-2)19(15,16)14-8-4-3-7-13/h3-6,9,14H,7-8,13H2,1-2H3/b4-3+. The van der Waals surface area contributed by atoms with Crippen molar-refractivity contribution in [3.63, 3.8) is 0 Å². The molecule has 0 aliphatic carbocycles. The van der Waals surface area contributed by atoms with E-state index in [9.17, 15) is 8.42 Å². The summed E-state index contributed by atoms with van der Waals surface area (Å²) in [5, 5.41) is 0. The van der Waals surface area contributed by atoms with Crippen LogP contribution in [0, 0.1) is 0 Å². The van der Waals surface area contributed by atoms with Gasteiger partial charge in [0.15, 0.2) is 0 Å². The van der Waals surface area contributed by atoms with Gasteiger partial charge in [-0.15, -0.1) is 0 Å². The monoisotopic (exact) mass is 286 g/mol. The third-order valence-corrected chi connectivity index (χ3v) is 3.82. The van der Waals surface area contributed by atoms with Gasteiger partial charge in [-0.1, -0.05) is 12.2 Å². The van der Waals surface area contributed by atoms with Gasteiger partial charge >= 0.3 is 0 Å². The molecule has 1 rings (SSSR count). The van der Waals surface area contributed by atoms with Crippen molar-refractivity contribution in [1.29, 1.82) is 0 Å². The van der Waals surface area contributed by atoms with E-state index in [1.54, 1.807) is 18.2 Å². The average molecular weight is 286 g/mol. The molecule has 0 spiro atoms. The summed E-state index contributed by atoms with van der Waals surface area (Å²) in [6, 6.07) is 4.52. The first kappa shape index (κ1) is 15.5. The smallest absolute Gasteiger partial charge is 0.244 e. The van der Waals surface area contributed by atoms with E-state index in [0.29, 0.717) is 12.3 Å². The minimum atomic E-state index is -3.63. The minimum absolute atomic E-state index is 0.0666. The average Bonchev–Trinajstić information content (AvgIpc) is 2.42. The predicted molar refractivity (Wildman–Crippen MR) is 72.9 cm³/mol. The maximum atomic E-state index is 12.1. The first-order valence-electron chi connectivity index (χ1n) is 5.62. The van der Waals surface area contributed by atoms with Crippen molar-refractivity contribution in [2.45, 2.75) is 4.90 Å². The van der Waals surface area contributed by atoms with Gasteiger partial charge in [-0.05, 0) is 12.1 Å². The van der Waals surface area contributed by atoms with Gasteiger partial charge in [0, 0.05) is 19.2 Å². The van der Waals surface area contributed by atoms with E-state index in [1.807, 2.05) is 0 Å². The Hall–Kier alpha value is -1.57. The van der Waals surface area contributed by atoms with Crippen LogP contribution < -0.4 is 19.9 Å². The normalized spacial score (nSPS) is 11.7. The Morgan fingerprint density at radius 2 is 2.00 bits per heavy atom. The number of rotatable bonds is 7. The highest BCUT2D eigenvalue weighted by Gasteiger charge is 2.19. The Kier molecular flexibility index (Phi) is 5.81. The molecule has 0 saturated carbocycles. The van der Waals surface area contributed by atoms with E-state index in [-0.39, 0.29) is 17.2 Å². The van der Waals surface area contributed by atoms with E-state index in [2.05, 4.69) is 4.72 Å². The second-order valence-corrected chi connectivity index (χ2v) is 5.31. The van der Waals surface area contributed by atoms with Crippen LogP contribution in [-0.4, -0.2) is 35.7 Å². The first-order valence-corrected chi connectivity index (χ1v) is 7.10. The zero-order chi connectivity index (χ0) is 14.3. The van der Waals surface area contributed by atoms with Crippen LogP contribution in [0.25, 0.3) is 0 Å². The van der Waals surface area contributed by atoms with Gasteiger partial charge in [-0.25, -0.2) is 13.1 Å². The lowest BCUT2D eigenvalue weighted by Gasteiger charge is -2.11. The van der Waals surface area contributed by atoms with Crippen LogP contribution in [0.3, 0.4) is 0 Å². The molecule has 7 heteroatoms. The molecule has 0 unspecified atom stereocenters. The van der Waals surface area contributed by atoms with Crippen molar-refractivity contribution in [2.75, 3.05) is 27.3 Å². The second-order valence-electron chi connectivity index (χ2n) is 3.58. The van der Waals surface area contributed by atoms with Crippen LogP contribution in [0.4, 0.5) is 0 Å². The van der Waals surface area contributed by atoms with Gasteiger partial charge in [0.2, 0.25) is 10.0 Å². The number of nitrogens with two attached hydrogens (primary N) is 1. The molecule has 1 aromatic rings. The Morgan fingerprint density at radius 3 is 2.58 bits per heavy atom. The summed E-state index contributed by atoms with van der Waals surface area (Å²) in [4.78, 5) is 0.0666. The maximum Gasteiger partial charge on any atom is 0.244 e. The lowest BCUT2D eigenvalue weighted by molar-refractivity contribution is 0.386. The topological polar surface area (TPSA) is 90.7 Å². The van der Waals surface area contributed by atoms with Crippen LogP contribution in [-0.2, 0) is 10.0 Å². The molecule has 106 valence electrons. The third kappa shape index (κ3) is 4.23. The van der Waals surface area contributed by atoms with Crippen LogP contribution >= 0.6 is 0 Å². The molecule has 0 fully saturated rings. The largest absolute Gasteiger partial charge is 0.497 e. The molecule has 3 N–H and O–H groups in total. The third-order valence-electron chi connectivity index (χ3n) is 2.35. The number of benzene rings is 1. The van der Waals surface area contributed by atoms with Crippen LogP contribution in [0.2, 0.25) is 0 Å². The van der Waals surface area contributed by atoms with E-state index >= 15 is 0 Å². The number of methoxy groups -OCH3 is 2. The van der Waals surface area contributed by atoms with Crippen molar-refractivity contribution in [2.24, 2.45) is 5.73 Å². The highest BCUT2D eigenvalue weighted by atomic mass is 32.2. The summed E-state index contributed by atoms with van der Waals surface area (Å²) in [6.45, 7) is 0.544. The molecule has 6 nitrogen and oxygen atoms in total. The van der Waals surface area contributed by atoms with Crippen LogP contribution in [0.15, 0.2) is 35.2 Å². The quantitative estimate of drug-likeness (QED) is 0.712. The van der Waals surface area contributed by atoms with Gasteiger partial charge < -0.3 is 15.2 Å². The van der Waals surface area contributed by atoms with Gasteiger partial charge in [-0.2, -0.15) is 0 Å². The first-order chi connectivity index (χ1) is 9.05. The van der Waals surface area contributed by atoms with Crippen molar-refractivity contribution in [3.05, 3.63) is 30.4 Å². The fourth-order valence-corrected chi connectivity index (χ4v) is 2.54. The SMILES string of the molecule is COc1ccc(S(=O)(=O)NC/C=C/CN)c(OC)c1. The number of hydrogen-bond donors (Lipinski definition) is 2. The Labute approximate surface area is 113 Å². The molecule has 0 amide bonds. The second kappa shape index (κ2) is 7.13. The molecule has 19 heavy (non-hydrogen) atoms. The Bertz CT molecular complexity index is 541. The molecule has 0 aliphatic rings. The van der Waals surface area contributed by atoms with Crippen molar-refractivity contribution in [1.82, 2.24) is 4.72 Å². The summed E-state index contributed by atoms with van der Waals surface area (Å²) < 4.78 is 36.7. The summed E-state index contributed by atoms with van der Waals surface area (Å²) in [6.07, 6.45) is 3.32. The van der Waals surface area contributed by atoms with Gasteiger partial charge in [0.05, 0.1) is 14.2 Å². The molecule has 0 bridgehead atoms.